The second-order valence-corrected chi connectivity index (χ2v) is 12.1. The standard InChI is InChI=1S/C31H46N4O8/c1-31(2,3)43-29(39)33-25(19-27(37)38)28(41-4)32-24-11-8-16-35(20-24)26(36)13-12-22-14-17-34(18-15-22)30(40)42-21-23-9-6-5-7-10-23/h5-7,9-10,22,24-25H,8,11-21H2,1-4H3,(H,33,39)(H,37,38)/t24?,25-/m0/s1. The number of aliphatic carboxylic acids is 1. The molecule has 3 rings (SSSR count). The Morgan fingerprint density at radius 3 is 2.37 bits per heavy atom. The average molecular weight is 603 g/mol. The molecule has 238 valence electrons. The second kappa shape index (κ2) is 16.1. The minimum Gasteiger partial charge on any atom is -0.483 e. The Balaban J connectivity index is 1.46. The Morgan fingerprint density at radius 2 is 1.74 bits per heavy atom. The van der Waals surface area contributed by atoms with E-state index in [1.165, 1.54) is 7.11 Å². The first-order valence-electron chi connectivity index (χ1n) is 15.0. The van der Waals surface area contributed by atoms with E-state index in [4.69, 9.17) is 14.2 Å². The molecule has 0 bridgehead atoms. The number of rotatable bonds is 10. The van der Waals surface area contributed by atoms with Crippen molar-refractivity contribution in [3.8, 4) is 0 Å². The lowest BCUT2D eigenvalue weighted by Gasteiger charge is -2.33. The van der Waals surface area contributed by atoms with Gasteiger partial charge >= 0.3 is 18.2 Å². The summed E-state index contributed by atoms with van der Waals surface area (Å²) in [6.07, 6.45) is 2.79. The van der Waals surface area contributed by atoms with Crippen molar-refractivity contribution >= 4 is 30.0 Å². The number of carbonyl (C=O) groups excluding carboxylic acids is 3. The Hall–Kier alpha value is -3.83. The maximum atomic E-state index is 13.1. The van der Waals surface area contributed by atoms with Crippen LogP contribution in [0.5, 0.6) is 0 Å². The molecule has 0 radical (unpaired) electrons. The predicted molar refractivity (Wildman–Crippen MR) is 160 cm³/mol. The average Bonchev–Trinajstić information content (AvgIpc) is 2.97. The lowest BCUT2D eigenvalue weighted by atomic mass is 9.92. The van der Waals surface area contributed by atoms with E-state index in [0.29, 0.717) is 44.9 Å². The molecule has 0 spiro atoms. The number of nitrogens with zero attached hydrogens (tertiary/aromatic N) is 3. The van der Waals surface area contributed by atoms with Gasteiger partial charge in [-0.3, -0.25) is 9.59 Å². The van der Waals surface area contributed by atoms with E-state index in [0.717, 1.165) is 31.2 Å². The number of aliphatic imine (C=N–C) groups is 1. The zero-order chi connectivity index (χ0) is 31.4. The molecule has 2 aliphatic heterocycles. The molecule has 1 aromatic carbocycles. The van der Waals surface area contributed by atoms with Crippen LogP contribution in [0.25, 0.3) is 0 Å². The van der Waals surface area contributed by atoms with E-state index in [2.05, 4.69) is 10.3 Å². The number of alkyl carbamates (subject to hydrolysis) is 1. The van der Waals surface area contributed by atoms with Gasteiger partial charge in [0.15, 0.2) is 0 Å². The number of hydrogen-bond donors (Lipinski definition) is 2. The molecule has 2 atom stereocenters. The predicted octanol–water partition coefficient (Wildman–Crippen LogP) is 4.22. The summed E-state index contributed by atoms with van der Waals surface area (Å²) in [5, 5.41) is 11.9. The molecule has 12 nitrogen and oxygen atoms in total. The molecule has 3 amide bonds. The Labute approximate surface area is 253 Å². The van der Waals surface area contributed by atoms with Gasteiger partial charge in [0.1, 0.15) is 18.2 Å². The van der Waals surface area contributed by atoms with Gasteiger partial charge < -0.3 is 34.4 Å². The number of carbonyl (C=O) groups is 4. The number of amides is 3. The first-order valence-corrected chi connectivity index (χ1v) is 15.0. The molecule has 1 aromatic rings. The lowest BCUT2D eigenvalue weighted by Crippen LogP contribution is -2.47. The van der Waals surface area contributed by atoms with Crippen molar-refractivity contribution in [2.24, 2.45) is 10.9 Å². The number of hydrogen-bond acceptors (Lipinski definition) is 8. The van der Waals surface area contributed by atoms with Gasteiger partial charge in [0.25, 0.3) is 0 Å². The summed E-state index contributed by atoms with van der Waals surface area (Å²) in [5.74, 6) is -0.628. The van der Waals surface area contributed by atoms with Crippen molar-refractivity contribution in [1.82, 2.24) is 15.1 Å². The van der Waals surface area contributed by atoms with Gasteiger partial charge in [-0.2, -0.15) is 0 Å². The van der Waals surface area contributed by atoms with Gasteiger partial charge in [-0.05, 0) is 64.4 Å². The van der Waals surface area contributed by atoms with E-state index in [1.807, 2.05) is 30.3 Å². The van der Waals surface area contributed by atoms with Crippen LogP contribution in [0.1, 0.15) is 71.3 Å². The summed E-state index contributed by atoms with van der Waals surface area (Å²) < 4.78 is 16.1. The van der Waals surface area contributed by atoms with Gasteiger partial charge in [0.2, 0.25) is 11.8 Å². The minimum atomic E-state index is -1.12. The summed E-state index contributed by atoms with van der Waals surface area (Å²) in [7, 11) is 1.38. The number of nitrogens with one attached hydrogen (secondary N) is 1. The zero-order valence-corrected chi connectivity index (χ0v) is 25.8. The molecule has 2 N–H and O–H groups in total. The number of carboxylic acids is 1. The van der Waals surface area contributed by atoms with Crippen molar-refractivity contribution < 1.29 is 38.5 Å². The zero-order valence-electron chi connectivity index (χ0n) is 25.8. The summed E-state index contributed by atoms with van der Waals surface area (Å²) in [6.45, 7) is 7.64. The van der Waals surface area contributed by atoms with Crippen LogP contribution in [0.4, 0.5) is 9.59 Å². The largest absolute Gasteiger partial charge is 0.483 e. The molecule has 12 heteroatoms. The maximum Gasteiger partial charge on any atom is 0.410 e. The van der Waals surface area contributed by atoms with Gasteiger partial charge in [-0.1, -0.05) is 30.3 Å². The highest BCUT2D eigenvalue weighted by Crippen LogP contribution is 2.24. The third-order valence-electron chi connectivity index (χ3n) is 7.48. The SMILES string of the molecule is COC(=NC1CCCN(C(=O)CCC2CCN(C(=O)OCc3ccccc3)CC2)C1)[C@H](CC(=O)O)NC(=O)OC(C)(C)C. The van der Waals surface area contributed by atoms with Crippen LogP contribution in [0.15, 0.2) is 35.3 Å². The Bertz CT molecular complexity index is 1110. The van der Waals surface area contributed by atoms with Crippen LogP contribution in [0.3, 0.4) is 0 Å². The Morgan fingerprint density at radius 1 is 1.05 bits per heavy atom. The van der Waals surface area contributed by atoms with Gasteiger partial charge in [0.05, 0.1) is 19.6 Å². The monoisotopic (exact) mass is 602 g/mol. The minimum absolute atomic E-state index is 0.0533. The molecule has 2 fully saturated rings. The molecule has 43 heavy (non-hydrogen) atoms. The van der Waals surface area contributed by atoms with Crippen LogP contribution in [0, 0.1) is 5.92 Å². The van der Waals surface area contributed by atoms with Gasteiger partial charge in [-0.15, -0.1) is 0 Å². The van der Waals surface area contributed by atoms with E-state index < -0.39 is 30.1 Å². The molecule has 0 aromatic heterocycles. The van der Waals surface area contributed by atoms with Crippen molar-refractivity contribution in [3.63, 3.8) is 0 Å². The highest BCUT2D eigenvalue weighted by Gasteiger charge is 2.30. The number of piperidine rings is 2. The summed E-state index contributed by atoms with van der Waals surface area (Å²) in [5.41, 5.74) is 0.198. The number of carboxylic acid groups (broad SMARTS) is 1. The van der Waals surface area contributed by atoms with E-state index in [-0.39, 0.29) is 30.5 Å². The Kier molecular flexibility index (Phi) is 12.6. The van der Waals surface area contributed by atoms with Crippen LogP contribution in [-0.2, 0) is 30.4 Å². The first-order chi connectivity index (χ1) is 20.4. The first kappa shape index (κ1) is 33.7. The van der Waals surface area contributed by atoms with Crippen LogP contribution in [0.2, 0.25) is 0 Å². The van der Waals surface area contributed by atoms with E-state index in [1.54, 1.807) is 30.6 Å². The topological polar surface area (TPSA) is 147 Å². The second-order valence-electron chi connectivity index (χ2n) is 12.1. The highest BCUT2D eigenvalue weighted by atomic mass is 16.6. The highest BCUT2D eigenvalue weighted by molar-refractivity contribution is 5.89. The fraction of sp³-hybridized carbons (Fsp3) is 0.645. The van der Waals surface area contributed by atoms with Crippen LogP contribution < -0.4 is 5.32 Å². The van der Waals surface area contributed by atoms with Gasteiger partial charge in [-0.25, -0.2) is 14.6 Å². The normalized spacial score (nSPS) is 18.9. The summed E-state index contributed by atoms with van der Waals surface area (Å²) in [6, 6.07) is 8.29. The third kappa shape index (κ3) is 11.8. The van der Waals surface area contributed by atoms with Crippen LogP contribution in [-0.4, -0.2) is 95.8 Å². The third-order valence-corrected chi connectivity index (χ3v) is 7.48. The molecule has 1 unspecified atom stereocenters. The molecule has 0 saturated carbocycles. The summed E-state index contributed by atoms with van der Waals surface area (Å²) >= 11 is 0. The number of benzene rings is 1. The van der Waals surface area contributed by atoms with E-state index >= 15 is 0 Å². The number of ether oxygens (including phenoxy) is 3. The summed E-state index contributed by atoms with van der Waals surface area (Å²) in [4.78, 5) is 57.5. The van der Waals surface area contributed by atoms with Crippen molar-refractivity contribution in [1.29, 1.82) is 0 Å². The quantitative estimate of drug-likeness (QED) is 0.299. The maximum absolute atomic E-state index is 13.1. The lowest BCUT2D eigenvalue weighted by molar-refractivity contribution is -0.137. The number of methoxy groups -OCH3 is 1. The van der Waals surface area contributed by atoms with Crippen molar-refractivity contribution in [3.05, 3.63) is 35.9 Å². The molecule has 0 aliphatic carbocycles. The van der Waals surface area contributed by atoms with Gasteiger partial charge in [0, 0.05) is 32.6 Å². The van der Waals surface area contributed by atoms with Crippen molar-refractivity contribution in [2.45, 2.75) is 90.0 Å². The smallest absolute Gasteiger partial charge is 0.410 e. The molecular weight excluding hydrogens is 556 g/mol. The number of likely N-dealkylation sites (tertiary alicyclic amines) is 2. The van der Waals surface area contributed by atoms with Crippen LogP contribution >= 0.6 is 0 Å². The molecule has 2 heterocycles. The fourth-order valence-electron chi connectivity index (χ4n) is 5.28. The molecular formula is C31H46N4O8. The molecule has 2 aliphatic rings. The van der Waals surface area contributed by atoms with E-state index in [9.17, 15) is 24.3 Å². The van der Waals surface area contributed by atoms with Crippen molar-refractivity contribution in [2.75, 3.05) is 33.3 Å². The molecule has 2 saturated heterocycles. The fourth-order valence-corrected chi connectivity index (χ4v) is 5.28.